The molecule has 0 heterocycles. The van der Waals surface area contributed by atoms with E-state index in [4.69, 9.17) is 14.2 Å². The van der Waals surface area contributed by atoms with Crippen molar-refractivity contribution in [2.45, 2.75) is 356 Å². The molecule has 0 amide bonds. The lowest BCUT2D eigenvalue weighted by Crippen LogP contribution is -2.30. The fourth-order valence-electron chi connectivity index (χ4n) is 9.64. The second-order valence-electron chi connectivity index (χ2n) is 22.7. The molecule has 0 saturated heterocycles. The molecular formula is C63H122O6. The van der Waals surface area contributed by atoms with E-state index in [9.17, 15) is 14.4 Å². The van der Waals surface area contributed by atoms with Gasteiger partial charge in [-0.1, -0.05) is 311 Å². The van der Waals surface area contributed by atoms with Crippen molar-refractivity contribution < 1.29 is 28.6 Å². The molecule has 0 saturated carbocycles. The standard InChI is InChI=1S/C63H122O6/c1-7-58(5)50-44-38-32-26-20-13-9-11-15-22-28-34-40-46-52-61(64)67-55-60(56-68-62(65)53-47-41-35-29-23-18-17-19-25-31-37-43-49-57(3)4)69-63(66)54-48-42-36-30-24-16-12-10-14-21-27-33-39-45-51-59(6)8-2/h57-60H,7-56H2,1-6H3/t58?,59?,60-/m1/s1. The van der Waals surface area contributed by atoms with Crippen LogP contribution in [0.1, 0.15) is 350 Å². The SMILES string of the molecule is CCC(C)CCCCCCCCCCCCCCCCC(=O)OC[C@H](COC(=O)CCCCCCCCCCCCCCC(C)C)OC(=O)CCCCCCCCCCCCCCCCC(C)CC. The molecule has 0 N–H and O–H groups in total. The van der Waals surface area contributed by atoms with Crippen molar-refractivity contribution in [1.82, 2.24) is 0 Å². The molecule has 0 aliphatic carbocycles. The molecule has 0 aromatic rings. The Balaban J connectivity index is 4.31. The molecule has 69 heavy (non-hydrogen) atoms. The normalized spacial score (nSPS) is 12.9. The fraction of sp³-hybridized carbons (Fsp3) is 0.952. The largest absolute Gasteiger partial charge is 0.462 e. The van der Waals surface area contributed by atoms with Crippen molar-refractivity contribution in [3.8, 4) is 0 Å². The van der Waals surface area contributed by atoms with Crippen LogP contribution < -0.4 is 0 Å². The minimum absolute atomic E-state index is 0.0629. The molecule has 3 atom stereocenters. The van der Waals surface area contributed by atoms with Gasteiger partial charge in [0.1, 0.15) is 13.2 Å². The first kappa shape index (κ1) is 67.4. The van der Waals surface area contributed by atoms with Crippen LogP contribution in [0.5, 0.6) is 0 Å². The van der Waals surface area contributed by atoms with Crippen LogP contribution in [0, 0.1) is 17.8 Å². The number of carbonyl (C=O) groups excluding carboxylic acids is 3. The molecule has 6 heteroatoms. The molecule has 0 spiro atoms. The van der Waals surface area contributed by atoms with Gasteiger partial charge >= 0.3 is 17.9 Å². The summed E-state index contributed by atoms with van der Waals surface area (Å²) in [6.07, 6.45) is 58.0. The third-order valence-electron chi connectivity index (χ3n) is 15.1. The Morgan fingerprint density at radius 1 is 0.290 bits per heavy atom. The van der Waals surface area contributed by atoms with Gasteiger partial charge in [-0.05, 0) is 37.0 Å². The van der Waals surface area contributed by atoms with Gasteiger partial charge in [-0.15, -0.1) is 0 Å². The molecule has 0 aromatic carbocycles. The third kappa shape index (κ3) is 54.0. The number of ether oxygens (including phenoxy) is 3. The average molecular weight is 976 g/mol. The first-order valence-electron chi connectivity index (χ1n) is 31.2. The number of carbonyl (C=O) groups is 3. The molecule has 6 nitrogen and oxygen atoms in total. The summed E-state index contributed by atoms with van der Waals surface area (Å²) in [5, 5.41) is 0. The van der Waals surface area contributed by atoms with Crippen LogP contribution in [0.3, 0.4) is 0 Å². The van der Waals surface area contributed by atoms with Gasteiger partial charge in [0, 0.05) is 19.3 Å². The minimum Gasteiger partial charge on any atom is -0.462 e. The first-order valence-corrected chi connectivity index (χ1v) is 31.2. The van der Waals surface area contributed by atoms with E-state index >= 15 is 0 Å². The number of rotatable bonds is 56. The second kappa shape index (κ2) is 54.2. The summed E-state index contributed by atoms with van der Waals surface area (Å²) < 4.78 is 16.9. The zero-order chi connectivity index (χ0) is 50.5. The molecule has 2 unspecified atom stereocenters. The minimum atomic E-state index is -0.764. The predicted octanol–water partition coefficient (Wildman–Crippen LogP) is 20.7. The molecule has 0 radical (unpaired) electrons. The molecule has 0 fully saturated rings. The molecule has 0 aromatic heterocycles. The highest BCUT2D eigenvalue weighted by Crippen LogP contribution is 2.20. The van der Waals surface area contributed by atoms with Gasteiger partial charge in [-0.25, -0.2) is 0 Å². The molecule has 0 bridgehead atoms. The Bertz CT molecular complexity index is 1070. The highest BCUT2D eigenvalue weighted by molar-refractivity contribution is 5.71. The summed E-state index contributed by atoms with van der Waals surface area (Å²) in [6, 6.07) is 0. The van der Waals surface area contributed by atoms with Crippen LogP contribution in [0.2, 0.25) is 0 Å². The van der Waals surface area contributed by atoms with E-state index in [1.807, 2.05) is 0 Å². The summed E-state index contributed by atoms with van der Waals surface area (Å²) in [6.45, 7) is 13.9. The summed E-state index contributed by atoms with van der Waals surface area (Å²) in [5.41, 5.74) is 0. The fourth-order valence-corrected chi connectivity index (χ4v) is 9.64. The highest BCUT2D eigenvalue weighted by Gasteiger charge is 2.19. The Hall–Kier alpha value is -1.59. The Kier molecular flexibility index (Phi) is 52.9. The lowest BCUT2D eigenvalue weighted by atomic mass is 9.99. The second-order valence-corrected chi connectivity index (χ2v) is 22.7. The third-order valence-corrected chi connectivity index (χ3v) is 15.1. The summed E-state index contributed by atoms with van der Waals surface area (Å²) >= 11 is 0. The molecule has 0 rings (SSSR count). The molecule has 0 aliphatic heterocycles. The maximum absolute atomic E-state index is 12.9. The van der Waals surface area contributed by atoms with Gasteiger partial charge < -0.3 is 14.2 Å². The lowest BCUT2D eigenvalue weighted by molar-refractivity contribution is -0.167. The van der Waals surface area contributed by atoms with Gasteiger partial charge in [0.15, 0.2) is 6.10 Å². The van der Waals surface area contributed by atoms with Crippen LogP contribution in [0.25, 0.3) is 0 Å². The van der Waals surface area contributed by atoms with Crippen LogP contribution >= 0.6 is 0 Å². The van der Waals surface area contributed by atoms with Crippen molar-refractivity contribution in [3.63, 3.8) is 0 Å². The van der Waals surface area contributed by atoms with E-state index in [0.29, 0.717) is 19.3 Å². The average Bonchev–Trinajstić information content (AvgIpc) is 3.34. The molecule has 410 valence electrons. The van der Waals surface area contributed by atoms with Gasteiger partial charge in [0.2, 0.25) is 0 Å². The van der Waals surface area contributed by atoms with E-state index in [1.54, 1.807) is 0 Å². The van der Waals surface area contributed by atoms with Crippen molar-refractivity contribution in [2.75, 3.05) is 13.2 Å². The van der Waals surface area contributed by atoms with Crippen LogP contribution in [0.4, 0.5) is 0 Å². The van der Waals surface area contributed by atoms with Gasteiger partial charge in [0.25, 0.3) is 0 Å². The predicted molar refractivity (Wildman–Crippen MR) is 298 cm³/mol. The van der Waals surface area contributed by atoms with Crippen LogP contribution in [0.15, 0.2) is 0 Å². The lowest BCUT2D eigenvalue weighted by Gasteiger charge is -2.18. The monoisotopic (exact) mass is 975 g/mol. The number of hydrogen-bond acceptors (Lipinski definition) is 6. The molecular weight excluding hydrogens is 853 g/mol. The quantitative estimate of drug-likeness (QED) is 0.0343. The van der Waals surface area contributed by atoms with Gasteiger partial charge in [-0.2, -0.15) is 0 Å². The van der Waals surface area contributed by atoms with E-state index < -0.39 is 6.10 Å². The smallest absolute Gasteiger partial charge is 0.306 e. The van der Waals surface area contributed by atoms with Gasteiger partial charge in [-0.3, -0.25) is 14.4 Å². The first-order chi connectivity index (χ1) is 33.7. The molecule has 0 aliphatic rings. The Morgan fingerprint density at radius 3 is 0.754 bits per heavy atom. The summed E-state index contributed by atoms with van der Waals surface area (Å²) in [7, 11) is 0. The topological polar surface area (TPSA) is 78.9 Å². The van der Waals surface area contributed by atoms with Crippen molar-refractivity contribution in [1.29, 1.82) is 0 Å². The van der Waals surface area contributed by atoms with Crippen molar-refractivity contribution in [3.05, 3.63) is 0 Å². The Morgan fingerprint density at radius 2 is 0.507 bits per heavy atom. The number of hydrogen-bond donors (Lipinski definition) is 0. The number of unbranched alkanes of at least 4 members (excludes halogenated alkanes) is 37. The summed E-state index contributed by atoms with van der Waals surface area (Å²) in [5.74, 6) is 1.79. The maximum atomic E-state index is 12.9. The van der Waals surface area contributed by atoms with Crippen molar-refractivity contribution in [2.24, 2.45) is 17.8 Å². The van der Waals surface area contributed by atoms with Crippen molar-refractivity contribution >= 4 is 17.9 Å². The summed E-state index contributed by atoms with van der Waals surface area (Å²) in [4.78, 5) is 38.3. The van der Waals surface area contributed by atoms with E-state index in [1.165, 1.54) is 231 Å². The zero-order valence-corrected chi connectivity index (χ0v) is 47.6. The van der Waals surface area contributed by atoms with Crippen LogP contribution in [-0.4, -0.2) is 37.2 Å². The maximum Gasteiger partial charge on any atom is 0.306 e. The van der Waals surface area contributed by atoms with Gasteiger partial charge in [0.05, 0.1) is 0 Å². The zero-order valence-electron chi connectivity index (χ0n) is 47.6. The van der Waals surface area contributed by atoms with E-state index in [0.717, 1.165) is 75.5 Å². The highest BCUT2D eigenvalue weighted by atomic mass is 16.6. The number of esters is 3. The van der Waals surface area contributed by atoms with Crippen LogP contribution in [-0.2, 0) is 28.6 Å². The Labute approximate surface area is 431 Å². The van der Waals surface area contributed by atoms with E-state index in [-0.39, 0.29) is 31.1 Å². The van der Waals surface area contributed by atoms with E-state index in [2.05, 4.69) is 41.5 Å².